The minimum absolute atomic E-state index is 0.274. The molecule has 1 aromatic heterocycles. The molecule has 0 amide bonds. The Labute approximate surface area is 177 Å². The van der Waals surface area contributed by atoms with Gasteiger partial charge in [-0.1, -0.05) is 35.9 Å². The van der Waals surface area contributed by atoms with Crippen molar-refractivity contribution in [1.29, 1.82) is 0 Å². The van der Waals surface area contributed by atoms with Crippen LogP contribution >= 0.6 is 0 Å². The lowest BCUT2D eigenvalue weighted by Crippen LogP contribution is -2.47. The van der Waals surface area contributed by atoms with Crippen molar-refractivity contribution < 1.29 is 4.74 Å². The van der Waals surface area contributed by atoms with Gasteiger partial charge in [0.05, 0.1) is 13.1 Å². The summed E-state index contributed by atoms with van der Waals surface area (Å²) in [5.41, 5.74) is 2.25. The molecule has 0 fully saturated rings. The third-order valence-corrected chi connectivity index (χ3v) is 5.12. The van der Waals surface area contributed by atoms with Gasteiger partial charge in [0, 0.05) is 24.6 Å². The zero-order valence-corrected chi connectivity index (χ0v) is 17.5. The van der Waals surface area contributed by atoms with Crippen molar-refractivity contribution in [3.05, 3.63) is 71.8 Å². The Bertz CT molecular complexity index is 995. The molecule has 1 unspecified atom stereocenters. The van der Waals surface area contributed by atoms with E-state index in [0.29, 0.717) is 6.54 Å². The average Bonchev–Trinajstić information content (AvgIpc) is 3.23. The van der Waals surface area contributed by atoms with E-state index in [-0.39, 0.29) is 6.04 Å². The summed E-state index contributed by atoms with van der Waals surface area (Å²) in [6.07, 6.45) is 3.56. The van der Waals surface area contributed by atoms with Crippen LogP contribution in [0.5, 0.6) is 11.5 Å². The van der Waals surface area contributed by atoms with E-state index in [1.54, 1.807) is 6.33 Å². The molecule has 0 radical (unpaired) electrons. The van der Waals surface area contributed by atoms with Crippen molar-refractivity contribution >= 4 is 5.96 Å². The highest BCUT2D eigenvalue weighted by molar-refractivity contribution is 5.80. The van der Waals surface area contributed by atoms with Gasteiger partial charge in [0.25, 0.3) is 0 Å². The maximum absolute atomic E-state index is 6.11. The van der Waals surface area contributed by atoms with Crippen molar-refractivity contribution in [2.75, 3.05) is 6.54 Å². The minimum atomic E-state index is 0.274. The van der Waals surface area contributed by atoms with Crippen molar-refractivity contribution in [2.24, 2.45) is 4.99 Å². The highest BCUT2D eigenvalue weighted by Crippen LogP contribution is 2.26. The predicted molar refractivity (Wildman–Crippen MR) is 118 cm³/mol. The molecule has 0 bridgehead atoms. The van der Waals surface area contributed by atoms with Gasteiger partial charge in [0.1, 0.15) is 23.7 Å². The number of ether oxygens (including phenoxy) is 1. The molecule has 1 aliphatic rings. The van der Waals surface area contributed by atoms with Crippen LogP contribution in [0.25, 0.3) is 0 Å². The van der Waals surface area contributed by atoms with Gasteiger partial charge >= 0.3 is 0 Å². The molecule has 7 nitrogen and oxygen atoms in total. The molecule has 30 heavy (non-hydrogen) atoms. The van der Waals surface area contributed by atoms with Crippen LogP contribution in [0.3, 0.4) is 0 Å². The monoisotopic (exact) mass is 404 g/mol. The molecule has 0 aliphatic carbocycles. The minimum Gasteiger partial charge on any atom is -0.457 e. The lowest BCUT2D eigenvalue weighted by atomic mass is 10.1. The van der Waals surface area contributed by atoms with Crippen LogP contribution in [0.1, 0.15) is 30.3 Å². The summed E-state index contributed by atoms with van der Waals surface area (Å²) in [6.45, 7) is 6.26. The molecule has 7 heteroatoms. The molecule has 2 heterocycles. The highest BCUT2D eigenvalue weighted by Gasteiger charge is 2.20. The summed E-state index contributed by atoms with van der Waals surface area (Å²) in [4.78, 5) is 9.10. The number of rotatable bonds is 6. The molecule has 3 aromatic rings. The van der Waals surface area contributed by atoms with E-state index in [4.69, 9.17) is 9.73 Å². The first-order chi connectivity index (χ1) is 14.7. The largest absolute Gasteiger partial charge is 0.457 e. The number of fused-ring (bicyclic) bond motifs is 1. The van der Waals surface area contributed by atoms with Crippen LogP contribution < -0.4 is 15.4 Å². The molecule has 2 aromatic carbocycles. The average molecular weight is 405 g/mol. The normalized spacial score (nSPS) is 16.1. The number of nitrogens with one attached hydrogen (secondary N) is 2. The zero-order valence-electron chi connectivity index (χ0n) is 17.5. The third-order valence-electron chi connectivity index (χ3n) is 5.12. The Balaban J connectivity index is 1.44. The van der Waals surface area contributed by atoms with Crippen LogP contribution in [0.4, 0.5) is 0 Å². The first kappa shape index (κ1) is 19.9. The van der Waals surface area contributed by atoms with Crippen LogP contribution in [0, 0.1) is 6.92 Å². The second-order valence-corrected chi connectivity index (χ2v) is 7.46. The van der Waals surface area contributed by atoms with Gasteiger partial charge in [-0.2, -0.15) is 5.10 Å². The Kier molecular flexibility index (Phi) is 6.27. The Morgan fingerprint density at radius 2 is 2.03 bits per heavy atom. The summed E-state index contributed by atoms with van der Waals surface area (Å²) in [7, 11) is 0. The van der Waals surface area contributed by atoms with E-state index in [0.717, 1.165) is 54.8 Å². The van der Waals surface area contributed by atoms with E-state index < -0.39 is 0 Å². The molecular weight excluding hydrogens is 376 g/mol. The standard InChI is InChI=1S/C23H28N6O/c1-3-24-23(28-19-10-13-22-26-16-27-29(22)15-19)25-14-18-6-4-5-7-21(18)30-20-11-8-17(2)9-12-20/h4-9,11-12,16,19H,3,10,13-15H2,1-2H3,(H2,24,25,28). The number of benzene rings is 2. The van der Waals surface area contributed by atoms with Gasteiger partial charge in [-0.25, -0.2) is 14.7 Å². The van der Waals surface area contributed by atoms with Gasteiger partial charge < -0.3 is 15.4 Å². The smallest absolute Gasteiger partial charge is 0.191 e. The molecule has 0 spiro atoms. The van der Waals surface area contributed by atoms with E-state index in [1.165, 1.54) is 5.56 Å². The van der Waals surface area contributed by atoms with E-state index in [2.05, 4.69) is 40.6 Å². The number of nitrogens with zero attached hydrogens (tertiary/aromatic N) is 4. The second-order valence-electron chi connectivity index (χ2n) is 7.46. The third kappa shape index (κ3) is 4.97. The fourth-order valence-electron chi connectivity index (χ4n) is 3.50. The molecule has 4 rings (SSSR count). The first-order valence-electron chi connectivity index (χ1n) is 10.4. The van der Waals surface area contributed by atoms with E-state index >= 15 is 0 Å². The van der Waals surface area contributed by atoms with Gasteiger partial charge in [-0.3, -0.25) is 0 Å². The van der Waals surface area contributed by atoms with Crippen molar-refractivity contribution in [3.8, 4) is 11.5 Å². The van der Waals surface area contributed by atoms with Gasteiger partial charge in [-0.15, -0.1) is 0 Å². The second kappa shape index (κ2) is 9.43. The van der Waals surface area contributed by atoms with E-state index in [1.807, 2.05) is 47.1 Å². The number of aryl methyl sites for hydroxylation is 2. The molecule has 1 atom stereocenters. The first-order valence-corrected chi connectivity index (χ1v) is 10.4. The summed E-state index contributed by atoms with van der Waals surface area (Å²) < 4.78 is 8.08. The molecule has 0 saturated carbocycles. The molecule has 156 valence electrons. The van der Waals surface area contributed by atoms with Gasteiger partial charge in [0.2, 0.25) is 0 Å². The number of para-hydroxylation sites is 1. The maximum atomic E-state index is 6.11. The highest BCUT2D eigenvalue weighted by atomic mass is 16.5. The number of aromatic nitrogens is 3. The fourth-order valence-corrected chi connectivity index (χ4v) is 3.50. The lowest BCUT2D eigenvalue weighted by Gasteiger charge is -2.25. The number of hydrogen-bond acceptors (Lipinski definition) is 4. The summed E-state index contributed by atoms with van der Waals surface area (Å²) in [6, 6.07) is 16.4. The van der Waals surface area contributed by atoms with Crippen LogP contribution in [0.2, 0.25) is 0 Å². The van der Waals surface area contributed by atoms with Crippen LogP contribution in [-0.4, -0.2) is 33.3 Å². The lowest BCUT2D eigenvalue weighted by molar-refractivity contribution is 0.392. The molecule has 1 aliphatic heterocycles. The van der Waals surface area contributed by atoms with Crippen molar-refractivity contribution in [3.63, 3.8) is 0 Å². The topological polar surface area (TPSA) is 76.4 Å². The maximum Gasteiger partial charge on any atom is 0.191 e. The zero-order chi connectivity index (χ0) is 20.8. The molecule has 0 saturated heterocycles. The summed E-state index contributed by atoms with van der Waals surface area (Å²) >= 11 is 0. The van der Waals surface area contributed by atoms with Crippen LogP contribution in [-0.2, 0) is 19.5 Å². The van der Waals surface area contributed by atoms with Gasteiger partial charge in [0.15, 0.2) is 5.96 Å². The number of guanidine groups is 1. The number of aliphatic imine (C=N–C) groups is 1. The van der Waals surface area contributed by atoms with Gasteiger partial charge in [-0.05, 0) is 38.5 Å². The summed E-state index contributed by atoms with van der Waals surface area (Å²) in [5, 5.41) is 11.2. The Hall–Kier alpha value is -3.35. The molecular formula is C23H28N6O. The van der Waals surface area contributed by atoms with E-state index in [9.17, 15) is 0 Å². The Morgan fingerprint density at radius 3 is 2.87 bits per heavy atom. The number of hydrogen-bond donors (Lipinski definition) is 2. The van der Waals surface area contributed by atoms with Crippen LogP contribution in [0.15, 0.2) is 59.9 Å². The van der Waals surface area contributed by atoms with Crippen molar-refractivity contribution in [1.82, 2.24) is 25.4 Å². The SMILES string of the molecule is CCNC(=NCc1ccccc1Oc1ccc(C)cc1)NC1CCc2ncnn2C1. The quantitative estimate of drug-likeness (QED) is 0.486. The van der Waals surface area contributed by atoms with Crippen molar-refractivity contribution in [2.45, 2.75) is 45.8 Å². The Morgan fingerprint density at radius 1 is 1.20 bits per heavy atom. The summed E-state index contributed by atoms with van der Waals surface area (Å²) in [5.74, 6) is 3.51. The predicted octanol–water partition coefficient (Wildman–Crippen LogP) is 3.45. The molecule has 2 N–H and O–H groups in total. The fraction of sp³-hybridized carbons (Fsp3) is 0.348.